The van der Waals surface area contributed by atoms with Gasteiger partial charge in [-0.3, -0.25) is 37.3 Å². The molecule has 0 fully saturated rings. The Morgan fingerprint density at radius 2 is 0.479 bits per heavy atom. The third-order valence-corrected chi connectivity index (χ3v) is 19.9. The molecule has 0 heterocycles. The van der Waals surface area contributed by atoms with E-state index in [1.165, 1.54) is 218 Å². The van der Waals surface area contributed by atoms with E-state index in [4.69, 9.17) is 37.0 Å². The summed E-state index contributed by atoms with van der Waals surface area (Å²) in [5.74, 6) is -0.601. The fraction of sp³-hybridized carbons (Fsp3) is 0.948. The fourth-order valence-electron chi connectivity index (χ4n) is 11.8. The number of phosphoric ester groups is 2. The van der Waals surface area contributed by atoms with E-state index in [0.717, 1.165) is 102 Å². The quantitative estimate of drug-likeness (QED) is 0.0222. The number of carbonyl (C=O) groups is 4. The smallest absolute Gasteiger partial charge is 0.462 e. The molecular formula is C77H150O17P2. The lowest BCUT2D eigenvalue weighted by Gasteiger charge is -2.21. The van der Waals surface area contributed by atoms with E-state index in [9.17, 15) is 43.2 Å². The molecule has 3 N–H and O–H groups in total. The summed E-state index contributed by atoms with van der Waals surface area (Å²) in [5, 5.41) is 10.6. The van der Waals surface area contributed by atoms with Crippen molar-refractivity contribution < 1.29 is 80.2 Å². The van der Waals surface area contributed by atoms with Crippen LogP contribution < -0.4 is 0 Å². The SMILES string of the molecule is CCCCCCCCCCCCCCCCCCCC(=O)OC[C@H](COP(=O)(O)OC[C@@H](O)COP(=O)(O)OC[C@@H](COC(=O)CCCCCCCCCCCCC)OC(=O)CCCCCCCCCCC(C)C)OC(=O)CCCCCCCCCCCCCCCCC(C)C. The monoisotopic (exact) mass is 1410 g/mol. The van der Waals surface area contributed by atoms with Crippen molar-refractivity contribution in [3.8, 4) is 0 Å². The number of hydrogen-bond acceptors (Lipinski definition) is 15. The van der Waals surface area contributed by atoms with Crippen LogP contribution in [0.15, 0.2) is 0 Å². The molecule has 0 aromatic rings. The van der Waals surface area contributed by atoms with Crippen LogP contribution in [0.5, 0.6) is 0 Å². The average molecular weight is 1410 g/mol. The van der Waals surface area contributed by atoms with Crippen molar-refractivity contribution in [2.75, 3.05) is 39.6 Å². The minimum atomic E-state index is -4.96. The highest BCUT2D eigenvalue weighted by atomic mass is 31.2. The van der Waals surface area contributed by atoms with E-state index in [1.54, 1.807) is 0 Å². The molecule has 5 atom stereocenters. The Labute approximate surface area is 588 Å². The second-order valence-corrected chi connectivity index (χ2v) is 31.6. The number of ether oxygens (including phenoxy) is 4. The van der Waals surface area contributed by atoms with Crippen LogP contribution in [0.4, 0.5) is 0 Å². The standard InChI is InChI=1S/C77H150O17P2/c1-7-9-11-13-15-17-19-20-21-22-23-27-31-35-42-48-54-60-75(80)88-65-72(93-76(81)61-55-49-43-36-32-28-25-24-26-30-33-39-45-51-57-69(3)4)67-91-95(83,84)89-63-71(78)64-90-96(85,86)92-68-73(94-77(82)62-56-50-44-38-37-40-46-52-58-70(5)6)66-87-74(79)59-53-47-41-34-29-18-16-14-12-10-8-2/h69-73,78H,7-68H2,1-6H3,(H,83,84)(H,85,86)/t71-,72-,73-/m1/s1. The van der Waals surface area contributed by atoms with E-state index in [2.05, 4.69) is 41.5 Å². The van der Waals surface area contributed by atoms with E-state index >= 15 is 0 Å². The van der Waals surface area contributed by atoms with E-state index in [0.29, 0.717) is 25.7 Å². The van der Waals surface area contributed by atoms with E-state index < -0.39 is 97.5 Å². The first-order valence-corrected chi connectivity index (χ1v) is 43.0. The molecule has 19 heteroatoms. The van der Waals surface area contributed by atoms with Gasteiger partial charge in [-0.2, -0.15) is 0 Å². The zero-order valence-corrected chi connectivity index (χ0v) is 64.5. The number of rotatable bonds is 76. The minimum Gasteiger partial charge on any atom is -0.462 e. The maximum absolute atomic E-state index is 13.1. The summed E-state index contributed by atoms with van der Waals surface area (Å²) in [6.45, 7) is 9.58. The van der Waals surface area contributed by atoms with Crippen molar-refractivity contribution in [3.63, 3.8) is 0 Å². The zero-order chi connectivity index (χ0) is 70.7. The van der Waals surface area contributed by atoms with E-state index in [1.807, 2.05) is 0 Å². The largest absolute Gasteiger partial charge is 0.472 e. The van der Waals surface area contributed by atoms with Crippen LogP contribution in [0.2, 0.25) is 0 Å². The van der Waals surface area contributed by atoms with Gasteiger partial charge < -0.3 is 33.8 Å². The van der Waals surface area contributed by atoms with Crippen molar-refractivity contribution in [1.29, 1.82) is 0 Å². The highest BCUT2D eigenvalue weighted by molar-refractivity contribution is 7.47. The van der Waals surface area contributed by atoms with Crippen molar-refractivity contribution in [1.82, 2.24) is 0 Å². The summed E-state index contributed by atoms with van der Waals surface area (Å²) < 4.78 is 68.6. The number of aliphatic hydroxyl groups excluding tert-OH is 1. The van der Waals surface area contributed by atoms with Gasteiger partial charge in [0.15, 0.2) is 12.2 Å². The maximum atomic E-state index is 13.1. The van der Waals surface area contributed by atoms with Crippen LogP contribution in [0.1, 0.15) is 401 Å². The molecule has 570 valence electrons. The van der Waals surface area contributed by atoms with Gasteiger partial charge >= 0.3 is 39.5 Å². The molecular weight excluding hydrogens is 1260 g/mol. The fourth-order valence-corrected chi connectivity index (χ4v) is 13.4. The average Bonchev–Trinajstić information content (AvgIpc) is 1.17. The van der Waals surface area contributed by atoms with Crippen molar-refractivity contribution in [2.24, 2.45) is 11.8 Å². The van der Waals surface area contributed by atoms with Gasteiger partial charge in [0.2, 0.25) is 0 Å². The lowest BCUT2D eigenvalue weighted by molar-refractivity contribution is -0.161. The Balaban J connectivity index is 5.24. The van der Waals surface area contributed by atoms with Gasteiger partial charge in [0.25, 0.3) is 0 Å². The second kappa shape index (κ2) is 68.8. The number of unbranched alkanes of at least 4 members (excludes halogenated alkanes) is 46. The molecule has 0 aromatic heterocycles. The lowest BCUT2D eigenvalue weighted by atomic mass is 10.0. The van der Waals surface area contributed by atoms with E-state index in [-0.39, 0.29) is 25.7 Å². The number of esters is 4. The molecule has 0 aromatic carbocycles. The maximum Gasteiger partial charge on any atom is 0.472 e. The summed E-state index contributed by atoms with van der Waals surface area (Å²) >= 11 is 0. The Kier molecular flexibility index (Phi) is 67.4. The van der Waals surface area contributed by atoms with Crippen molar-refractivity contribution in [3.05, 3.63) is 0 Å². The Hall–Kier alpha value is -1.94. The minimum absolute atomic E-state index is 0.105. The van der Waals surface area contributed by atoms with Crippen LogP contribution in [0, 0.1) is 11.8 Å². The van der Waals surface area contributed by atoms with Crippen LogP contribution in [0.3, 0.4) is 0 Å². The summed E-state index contributed by atoms with van der Waals surface area (Å²) in [5.41, 5.74) is 0. The third kappa shape index (κ3) is 70.5. The number of carbonyl (C=O) groups excluding carboxylic acids is 4. The molecule has 0 rings (SSSR count). The second-order valence-electron chi connectivity index (χ2n) is 28.7. The third-order valence-electron chi connectivity index (χ3n) is 18.0. The molecule has 0 aliphatic carbocycles. The molecule has 2 unspecified atom stereocenters. The highest BCUT2D eigenvalue weighted by Crippen LogP contribution is 2.45. The van der Waals surface area contributed by atoms with Crippen LogP contribution in [-0.2, 0) is 65.4 Å². The predicted molar refractivity (Wildman–Crippen MR) is 391 cm³/mol. The van der Waals surface area contributed by atoms with Gasteiger partial charge in [0.1, 0.15) is 19.3 Å². The molecule has 0 aliphatic rings. The van der Waals surface area contributed by atoms with Gasteiger partial charge in [0.05, 0.1) is 26.4 Å². The Morgan fingerprint density at radius 1 is 0.281 bits per heavy atom. The summed E-state index contributed by atoms with van der Waals surface area (Å²) in [6.07, 6.45) is 56.9. The first-order chi connectivity index (χ1) is 46.4. The van der Waals surface area contributed by atoms with Gasteiger partial charge in [-0.1, -0.05) is 350 Å². The molecule has 96 heavy (non-hydrogen) atoms. The molecule has 0 radical (unpaired) electrons. The molecule has 0 aliphatic heterocycles. The normalized spacial score (nSPS) is 14.0. The van der Waals surface area contributed by atoms with Crippen molar-refractivity contribution >= 4 is 39.5 Å². The van der Waals surface area contributed by atoms with Gasteiger partial charge in [-0.25, -0.2) is 9.13 Å². The lowest BCUT2D eigenvalue weighted by Crippen LogP contribution is -2.30. The van der Waals surface area contributed by atoms with Gasteiger partial charge in [-0.15, -0.1) is 0 Å². The van der Waals surface area contributed by atoms with Crippen molar-refractivity contribution in [2.45, 2.75) is 419 Å². The first kappa shape index (κ1) is 94.1. The van der Waals surface area contributed by atoms with Crippen LogP contribution >= 0.6 is 15.6 Å². The van der Waals surface area contributed by atoms with Crippen LogP contribution in [-0.4, -0.2) is 96.7 Å². The highest BCUT2D eigenvalue weighted by Gasteiger charge is 2.30. The van der Waals surface area contributed by atoms with Gasteiger partial charge in [0, 0.05) is 25.7 Å². The molecule has 0 bridgehead atoms. The topological polar surface area (TPSA) is 237 Å². The predicted octanol–water partition coefficient (Wildman–Crippen LogP) is 22.7. The van der Waals surface area contributed by atoms with Crippen LogP contribution in [0.25, 0.3) is 0 Å². The first-order valence-electron chi connectivity index (χ1n) is 40.0. The number of phosphoric acid groups is 2. The summed E-state index contributed by atoms with van der Waals surface area (Å²) in [7, 11) is -9.91. The Bertz CT molecular complexity index is 1860. The number of aliphatic hydroxyl groups is 1. The number of hydrogen-bond donors (Lipinski definition) is 3. The molecule has 17 nitrogen and oxygen atoms in total. The molecule has 0 amide bonds. The van der Waals surface area contributed by atoms with Gasteiger partial charge in [-0.05, 0) is 37.5 Å². The molecule has 0 saturated heterocycles. The summed E-state index contributed by atoms with van der Waals surface area (Å²) in [6, 6.07) is 0. The summed E-state index contributed by atoms with van der Waals surface area (Å²) in [4.78, 5) is 72.8. The molecule has 0 spiro atoms. The zero-order valence-electron chi connectivity index (χ0n) is 62.7. The molecule has 0 saturated carbocycles. The Morgan fingerprint density at radius 3 is 0.708 bits per heavy atom.